The molecule has 20 heavy (non-hydrogen) atoms. The number of halogens is 2. The highest BCUT2D eigenvalue weighted by Gasteiger charge is 2.60. The van der Waals surface area contributed by atoms with Crippen molar-refractivity contribution >= 4 is 11.6 Å². The van der Waals surface area contributed by atoms with Gasteiger partial charge in [0.05, 0.1) is 6.54 Å². The van der Waals surface area contributed by atoms with Crippen molar-refractivity contribution in [1.29, 1.82) is 0 Å². The van der Waals surface area contributed by atoms with Gasteiger partial charge in [-0.05, 0) is 24.5 Å². The molecule has 4 nitrogen and oxygen atoms in total. The Morgan fingerprint density at radius 2 is 2.15 bits per heavy atom. The highest BCUT2D eigenvalue weighted by atomic mass is 35.5. The fourth-order valence-corrected chi connectivity index (χ4v) is 2.67. The molecule has 1 fully saturated rings. The minimum Gasteiger partial charge on any atom is -0.384 e. The van der Waals surface area contributed by atoms with Gasteiger partial charge in [0, 0.05) is 11.4 Å². The van der Waals surface area contributed by atoms with Gasteiger partial charge in [0.25, 0.3) is 0 Å². The Labute approximate surface area is 121 Å². The first-order valence-corrected chi connectivity index (χ1v) is 6.87. The van der Waals surface area contributed by atoms with Crippen LogP contribution in [0.3, 0.4) is 0 Å². The largest absolute Gasteiger partial charge is 0.384 e. The lowest BCUT2D eigenvalue weighted by Crippen LogP contribution is -2.47. The van der Waals surface area contributed by atoms with Gasteiger partial charge in [0.15, 0.2) is 0 Å². The van der Waals surface area contributed by atoms with Crippen LogP contribution in [0.1, 0.15) is 18.4 Å². The second kappa shape index (κ2) is 4.82. The van der Waals surface area contributed by atoms with E-state index in [0.717, 1.165) is 5.56 Å². The van der Waals surface area contributed by atoms with Gasteiger partial charge < -0.3 is 5.11 Å². The Morgan fingerprint density at radius 1 is 1.40 bits per heavy atom. The van der Waals surface area contributed by atoms with Gasteiger partial charge in [-0.25, -0.2) is 14.1 Å². The van der Waals surface area contributed by atoms with Crippen molar-refractivity contribution in [2.24, 2.45) is 0 Å². The topological polar surface area (TPSA) is 50.9 Å². The van der Waals surface area contributed by atoms with E-state index in [9.17, 15) is 9.50 Å². The van der Waals surface area contributed by atoms with E-state index in [1.165, 1.54) is 17.3 Å². The molecule has 106 valence electrons. The van der Waals surface area contributed by atoms with Crippen molar-refractivity contribution in [1.82, 2.24) is 14.8 Å². The van der Waals surface area contributed by atoms with Crippen LogP contribution in [0.25, 0.3) is 0 Å². The Bertz CT molecular complexity index is 600. The van der Waals surface area contributed by atoms with Crippen LogP contribution in [0.2, 0.25) is 5.02 Å². The van der Waals surface area contributed by atoms with E-state index in [1.54, 1.807) is 12.1 Å². The van der Waals surface area contributed by atoms with Crippen molar-refractivity contribution in [2.75, 3.05) is 0 Å². The number of hydrogen-bond donors (Lipinski definition) is 1. The Balaban J connectivity index is 1.89. The second-order valence-corrected chi connectivity index (χ2v) is 5.77. The molecule has 0 aliphatic heterocycles. The zero-order valence-corrected chi connectivity index (χ0v) is 11.6. The smallest absolute Gasteiger partial charge is 0.141 e. The summed E-state index contributed by atoms with van der Waals surface area (Å²) in [6, 6.07) is 7.19. The molecule has 2 aromatic rings. The summed E-state index contributed by atoms with van der Waals surface area (Å²) in [6.45, 7) is 0.0642. The average Bonchev–Trinajstić information content (AvgIpc) is 2.98. The molecule has 3 rings (SSSR count). The number of hydrogen-bond acceptors (Lipinski definition) is 3. The minimum absolute atomic E-state index is 0.0642. The summed E-state index contributed by atoms with van der Waals surface area (Å²) in [5.74, 6) is 0. The van der Waals surface area contributed by atoms with Crippen LogP contribution in [0.15, 0.2) is 36.9 Å². The van der Waals surface area contributed by atoms with E-state index < -0.39 is 11.3 Å². The summed E-state index contributed by atoms with van der Waals surface area (Å²) in [7, 11) is 0. The molecular weight excluding hydrogens is 281 g/mol. The SMILES string of the molecule is OC(Cc1ccccc1Cl)(Cn1cncn1)C1(F)CC1. The first-order valence-electron chi connectivity index (χ1n) is 6.50. The van der Waals surface area contributed by atoms with Gasteiger partial charge in [-0.3, -0.25) is 0 Å². The van der Waals surface area contributed by atoms with E-state index in [2.05, 4.69) is 10.1 Å². The lowest BCUT2D eigenvalue weighted by atomic mass is 9.87. The number of aliphatic hydroxyl groups is 1. The first-order chi connectivity index (χ1) is 9.52. The summed E-state index contributed by atoms with van der Waals surface area (Å²) in [4.78, 5) is 3.83. The van der Waals surface area contributed by atoms with Gasteiger partial charge in [-0.2, -0.15) is 5.10 Å². The fraction of sp³-hybridized carbons (Fsp3) is 0.429. The molecule has 1 aliphatic rings. The lowest BCUT2D eigenvalue weighted by Gasteiger charge is -2.32. The molecule has 1 aromatic heterocycles. The highest BCUT2D eigenvalue weighted by molar-refractivity contribution is 6.31. The molecule has 1 heterocycles. The summed E-state index contributed by atoms with van der Waals surface area (Å²) < 4.78 is 16.1. The number of nitrogens with zero attached hydrogens (tertiary/aromatic N) is 3. The molecule has 1 N–H and O–H groups in total. The van der Waals surface area contributed by atoms with Crippen LogP contribution in [0.4, 0.5) is 4.39 Å². The zero-order chi connectivity index (χ0) is 14.2. The van der Waals surface area contributed by atoms with Gasteiger partial charge in [-0.1, -0.05) is 29.8 Å². The average molecular weight is 296 g/mol. The van der Waals surface area contributed by atoms with Crippen LogP contribution in [-0.2, 0) is 13.0 Å². The van der Waals surface area contributed by atoms with Crippen molar-refractivity contribution in [2.45, 2.75) is 37.1 Å². The van der Waals surface area contributed by atoms with E-state index in [0.29, 0.717) is 17.9 Å². The van der Waals surface area contributed by atoms with Crippen molar-refractivity contribution in [3.63, 3.8) is 0 Å². The predicted molar refractivity (Wildman–Crippen MR) is 73.2 cm³/mol. The van der Waals surface area contributed by atoms with E-state index >= 15 is 0 Å². The van der Waals surface area contributed by atoms with Crippen LogP contribution >= 0.6 is 11.6 Å². The molecule has 0 amide bonds. The maximum absolute atomic E-state index is 14.6. The number of rotatable bonds is 5. The maximum atomic E-state index is 14.6. The molecule has 0 radical (unpaired) electrons. The number of alkyl halides is 1. The lowest BCUT2D eigenvalue weighted by molar-refractivity contribution is -0.0652. The summed E-state index contributed by atoms with van der Waals surface area (Å²) in [5.41, 5.74) is -2.36. The summed E-state index contributed by atoms with van der Waals surface area (Å²) in [5, 5.41) is 15.3. The van der Waals surface area contributed by atoms with E-state index in [4.69, 9.17) is 11.6 Å². The van der Waals surface area contributed by atoms with Gasteiger partial charge in [0.2, 0.25) is 0 Å². The normalized spacial score (nSPS) is 19.6. The third kappa shape index (κ3) is 2.43. The molecule has 0 saturated heterocycles. The fourth-order valence-electron chi connectivity index (χ4n) is 2.47. The Morgan fingerprint density at radius 3 is 2.75 bits per heavy atom. The number of aromatic nitrogens is 3. The maximum Gasteiger partial charge on any atom is 0.141 e. The highest BCUT2D eigenvalue weighted by Crippen LogP contribution is 2.51. The van der Waals surface area contributed by atoms with Crippen LogP contribution in [0.5, 0.6) is 0 Å². The quantitative estimate of drug-likeness (QED) is 0.921. The molecular formula is C14H15ClFN3O. The molecule has 1 unspecified atom stereocenters. The van der Waals surface area contributed by atoms with Crippen molar-refractivity contribution < 1.29 is 9.50 Å². The van der Waals surface area contributed by atoms with Crippen LogP contribution in [-0.4, -0.2) is 31.1 Å². The van der Waals surface area contributed by atoms with Gasteiger partial charge >= 0.3 is 0 Å². The minimum atomic E-state index is -1.57. The molecule has 1 aromatic carbocycles. The van der Waals surface area contributed by atoms with Crippen molar-refractivity contribution in [3.8, 4) is 0 Å². The Kier molecular flexibility index (Phi) is 3.26. The Hall–Kier alpha value is -1.46. The summed E-state index contributed by atoms with van der Waals surface area (Å²) in [6.07, 6.45) is 3.73. The third-order valence-corrected chi connectivity index (χ3v) is 4.22. The van der Waals surface area contributed by atoms with E-state index in [1.807, 2.05) is 12.1 Å². The monoisotopic (exact) mass is 295 g/mol. The molecule has 6 heteroatoms. The van der Waals surface area contributed by atoms with Gasteiger partial charge in [-0.15, -0.1) is 0 Å². The first kappa shape index (κ1) is 13.5. The standard InChI is InChI=1S/C14H15ClFN3O/c15-12-4-2-1-3-11(12)7-14(20,13(16)5-6-13)8-19-10-17-9-18-19/h1-4,9-10,20H,5-8H2. The van der Waals surface area contributed by atoms with Crippen LogP contribution < -0.4 is 0 Å². The molecule has 0 spiro atoms. The molecule has 0 bridgehead atoms. The predicted octanol–water partition coefficient (Wildman–Crippen LogP) is 2.41. The second-order valence-electron chi connectivity index (χ2n) is 5.36. The molecule has 1 aliphatic carbocycles. The zero-order valence-electron chi connectivity index (χ0n) is 10.8. The van der Waals surface area contributed by atoms with Crippen LogP contribution in [0, 0.1) is 0 Å². The molecule has 1 saturated carbocycles. The van der Waals surface area contributed by atoms with E-state index in [-0.39, 0.29) is 13.0 Å². The third-order valence-electron chi connectivity index (χ3n) is 3.85. The number of benzene rings is 1. The summed E-state index contributed by atoms with van der Waals surface area (Å²) >= 11 is 6.11. The van der Waals surface area contributed by atoms with Crippen molar-refractivity contribution in [3.05, 3.63) is 47.5 Å². The van der Waals surface area contributed by atoms with Gasteiger partial charge in [0.1, 0.15) is 23.9 Å². The molecule has 1 atom stereocenters.